The maximum atomic E-state index is 12.7. The van der Waals surface area contributed by atoms with Gasteiger partial charge in [-0.25, -0.2) is 0 Å². The van der Waals surface area contributed by atoms with Crippen LogP contribution in [0.4, 0.5) is 0 Å². The Morgan fingerprint density at radius 3 is 2.11 bits per heavy atom. The van der Waals surface area contributed by atoms with Crippen molar-refractivity contribution in [1.29, 1.82) is 0 Å². The van der Waals surface area contributed by atoms with Gasteiger partial charge in [0, 0.05) is 11.1 Å². The van der Waals surface area contributed by atoms with Gasteiger partial charge in [0.05, 0.1) is 7.11 Å². The van der Waals surface area contributed by atoms with Crippen LogP contribution in [0.15, 0.2) is 30.3 Å². The molecular weight excluding hydrogens is 344 g/mol. The van der Waals surface area contributed by atoms with Crippen LogP contribution in [0.25, 0.3) is 0 Å². The van der Waals surface area contributed by atoms with Crippen molar-refractivity contribution in [1.82, 2.24) is 0 Å². The molecule has 2 aromatic rings. The lowest BCUT2D eigenvalue weighted by molar-refractivity contribution is 0.0918. The highest BCUT2D eigenvalue weighted by molar-refractivity contribution is 5.98. The predicted molar refractivity (Wildman–Crippen MR) is 104 cm³/mol. The molecule has 0 saturated heterocycles. The van der Waals surface area contributed by atoms with Gasteiger partial charge in [0.2, 0.25) is 0 Å². The number of hydrogen-bond donors (Lipinski definition) is 1. The van der Waals surface area contributed by atoms with E-state index in [1.807, 2.05) is 27.7 Å². The summed E-state index contributed by atoms with van der Waals surface area (Å²) in [5.74, 6) is 1.02. The summed E-state index contributed by atoms with van der Waals surface area (Å²) in [6, 6.07) is 8.21. The van der Waals surface area contributed by atoms with Gasteiger partial charge >= 0.3 is 0 Å². The van der Waals surface area contributed by atoms with E-state index in [-0.39, 0.29) is 30.0 Å². The third kappa shape index (κ3) is 4.67. The molecule has 0 bridgehead atoms. The first-order chi connectivity index (χ1) is 12.8. The number of ketones is 1. The topological polar surface area (TPSA) is 72.8 Å². The Labute approximate surface area is 159 Å². The van der Waals surface area contributed by atoms with Crippen molar-refractivity contribution in [3.05, 3.63) is 52.6 Å². The maximum Gasteiger partial charge on any atom is 0.200 e. The van der Waals surface area contributed by atoms with Crippen molar-refractivity contribution in [3.63, 3.8) is 0 Å². The predicted octanol–water partition coefficient (Wildman–Crippen LogP) is 4.72. The Morgan fingerprint density at radius 1 is 1.04 bits per heavy atom. The number of phenolic OH excluding ortho intramolecular Hbond substituents is 1. The second-order valence-electron chi connectivity index (χ2n) is 7.05. The van der Waals surface area contributed by atoms with Gasteiger partial charge in [0.1, 0.15) is 12.0 Å². The zero-order valence-corrected chi connectivity index (χ0v) is 16.4. The van der Waals surface area contributed by atoms with Gasteiger partial charge in [0.25, 0.3) is 0 Å². The first-order valence-electron chi connectivity index (χ1n) is 8.94. The zero-order valence-electron chi connectivity index (χ0n) is 16.4. The second kappa shape index (κ2) is 8.71. The number of carbonyl (C=O) groups is 2. The number of benzene rings is 2. The lowest BCUT2D eigenvalue weighted by Gasteiger charge is -2.17. The Kier molecular flexibility index (Phi) is 6.61. The molecule has 0 unspecified atom stereocenters. The van der Waals surface area contributed by atoms with E-state index in [0.29, 0.717) is 22.6 Å². The number of methoxy groups -OCH3 is 1. The molecule has 0 fully saturated rings. The first kappa shape index (κ1) is 20.5. The lowest BCUT2D eigenvalue weighted by atomic mass is 9.90. The van der Waals surface area contributed by atoms with Crippen molar-refractivity contribution < 1.29 is 24.2 Å². The van der Waals surface area contributed by atoms with Gasteiger partial charge < -0.3 is 14.6 Å². The summed E-state index contributed by atoms with van der Waals surface area (Å²) in [7, 11) is 1.47. The molecule has 0 aliphatic heterocycles. The fraction of sp³-hybridized carbons (Fsp3) is 0.364. The van der Waals surface area contributed by atoms with Gasteiger partial charge in [-0.2, -0.15) is 0 Å². The highest BCUT2D eigenvalue weighted by atomic mass is 16.5. The number of Topliss-reactive ketones (excluding diaryl/α,β-unsaturated/α-hetero) is 1. The van der Waals surface area contributed by atoms with E-state index in [9.17, 15) is 14.7 Å². The minimum absolute atomic E-state index is 0.0900. The van der Waals surface area contributed by atoms with Crippen molar-refractivity contribution in [2.75, 3.05) is 13.7 Å². The zero-order chi connectivity index (χ0) is 20.1. The van der Waals surface area contributed by atoms with E-state index >= 15 is 0 Å². The average molecular weight is 370 g/mol. The Balaban J connectivity index is 2.27. The fourth-order valence-corrected chi connectivity index (χ4v) is 2.82. The fourth-order valence-electron chi connectivity index (χ4n) is 2.82. The van der Waals surface area contributed by atoms with E-state index in [2.05, 4.69) is 0 Å². The minimum Gasteiger partial charge on any atom is -0.507 e. The number of ether oxygens (including phenoxy) is 2. The molecule has 1 N–H and O–H groups in total. The van der Waals surface area contributed by atoms with Gasteiger partial charge in [-0.1, -0.05) is 27.7 Å². The van der Waals surface area contributed by atoms with E-state index in [4.69, 9.17) is 9.47 Å². The number of hydrogen-bond acceptors (Lipinski definition) is 5. The summed E-state index contributed by atoms with van der Waals surface area (Å²) in [4.78, 5) is 23.6. The van der Waals surface area contributed by atoms with Crippen molar-refractivity contribution in [2.45, 2.75) is 39.5 Å². The molecule has 144 valence electrons. The molecule has 0 aliphatic rings. The van der Waals surface area contributed by atoms with Crippen LogP contribution in [0.3, 0.4) is 0 Å². The van der Waals surface area contributed by atoms with E-state index in [1.54, 1.807) is 30.3 Å². The quantitative estimate of drug-likeness (QED) is 0.537. The number of carbonyl (C=O) groups excluding carboxylic acids is 2. The lowest BCUT2D eigenvalue weighted by Crippen LogP contribution is -2.13. The van der Waals surface area contributed by atoms with Gasteiger partial charge in [0.15, 0.2) is 23.9 Å². The van der Waals surface area contributed by atoms with Crippen molar-refractivity contribution in [2.24, 2.45) is 0 Å². The van der Waals surface area contributed by atoms with Crippen LogP contribution in [0, 0.1) is 0 Å². The Morgan fingerprint density at radius 2 is 1.63 bits per heavy atom. The van der Waals surface area contributed by atoms with Crippen LogP contribution in [0.5, 0.6) is 17.2 Å². The molecule has 0 saturated carbocycles. The molecule has 0 aliphatic carbocycles. The largest absolute Gasteiger partial charge is 0.507 e. The number of phenols is 1. The summed E-state index contributed by atoms with van der Waals surface area (Å²) in [5.41, 5.74) is 2.46. The molecule has 27 heavy (non-hydrogen) atoms. The monoisotopic (exact) mass is 370 g/mol. The Bertz CT molecular complexity index is 808. The van der Waals surface area contributed by atoms with E-state index in [0.717, 1.165) is 17.4 Å². The third-order valence-electron chi connectivity index (χ3n) is 4.42. The molecular formula is C22H26O5. The van der Waals surface area contributed by atoms with Crippen molar-refractivity contribution >= 4 is 12.1 Å². The highest BCUT2D eigenvalue weighted by Crippen LogP contribution is 2.35. The maximum absolute atomic E-state index is 12.7. The van der Waals surface area contributed by atoms with Crippen LogP contribution < -0.4 is 9.47 Å². The average Bonchev–Trinajstić information content (AvgIpc) is 2.65. The minimum atomic E-state index is -0.194. The van der Waals surface area contributed by atoms with E-state index < -0.39 is 0 Å². The summed E-state index contributed by atoms with van der Waals surface area (Å²) in [5, 5.41) is 10.5. The molecule has 0 amide bonds. The smallest absolute Gasteiger partial charge is 0.200 e. The molecule has 5 nitrogen and oxygen atoms in total. The van der Waals surface area contributed by atoms with Gasteiger partial charge in [-0.15, -0.1) is 0 Å². The van der Waals surface area contributed by atoms with Crippen LogP contribution in [-0.2, 0) is 0 Å². The Hall–Kier alpha value is -2.82. The summed E-state index contributed by atoms with van der Waals surface area (Å²) in [6.45, 7) is 7.73. The molecule has 5 heteroatoms. The number of aldehydes is 1. The summed E-state index contributed by atoms with van der Waals surface area (Å²) < 4.78 is 10.8. The second-order valence-corrected chi connectivity index (χ2v) is 7.05. The molecule has 0 atom stereocenters. The molecule has 2 rings (SSSR count). The molecule has 0 aromatic heterocycles. The normalized spacial score (nSPS) is 10.9. The van der Waals surface area contributed by atoms with Crippen LogP contribution in [-0.4, -0.2) is 30.9 Å². The molecule has 0 spiro atoms. The highest BCUT2D eigenvalue weighted by Gasteiger charge is 2.19. The number of rotatable bonds is 8. The van der Waals surface area contributed by atoms with Crippen LogP contribution in [0.2, 0.25) is 0 Å². The first-order valence-corrected chi connectivity index (χ1v) is 8.94. The third-order valence-corrected chi connectivity index (χ3v) is 4.42. The van der Waals surface area contributed by atoms with Crippen LogP contribution in [0.1, 0.15) is 71.4 Å². The van der Waals surface area contributed by atoms with E-state index in [1.165, 1.54) is 7.11 Å². The summed E-state index contributed by atoms with van der Waals surface area (Å²) >= 11 is 0. The SMILES string of the molecule is COc1cc(C=O)ccc1OCC(=O)c1cc(C(C)C)c(O)c(C(C)C)c1. The van der Waals surface area contributed by atoms with Gasteiger partial charge in [-0.3, -0.25) is 9.59 Å². The standard InChI is InChI=1S/C22H26O5/c1-13(2)17-9-16(10-18(14(3)4)22(17)25)19(24)12-27-20-7-6-15(11-23)8-21(20)26-5/h6-11,13-14,25H,12H2,1-5H3. The van der Waals surface area contributed by atoms with Gasteiger partial charge in [-0.05, 0) is 53.3 Å². The molecule has 0 heterocycles. The summed E-state index contributed by atoms with van der Waals surface area (Å²) in [6.07, 6.45) is 0.717. The number of aromatic hydroxyl groups is 1. The molecule has 0 radical (unpaired) electrons. The van der Waals surface area contributed by atoms with Crippen molar-refractivity contribution in [3.8, 4) is 17.2 Å². The van der Waals surface area contributed by atoms with Crippen LogP contribution >= 0.6 is 0 Å². The molecule has 2 aromatic carbocycles.